The van der Waals surface area contributed by atoms with Crippen LogP contribution in [0.4, 0.5) is 15.9 Å². The van der Waals surface area contributed by atoms with Gasteiger partial charge in [0.15, 0.2) is 5.82 Å². The van der Waals surface area contributed by atoms with Gasteiger partial charge in [0.1, 0.15) is 11.5 Å². The van der Waals surface area contributed by atoms with Gasteiger partial charge < -0.3 is 15.7 Å². The molecule has 0 fully saturated rings. The van der Waals surface area contributed by atoms with Gasteiger partial charge in [-0.15, -0.1) is 0 Å². The minimum atomic E-state index is -1.64. The number of nitrogens with zero attached hydrogens (tertiary/aromatic N) is 4. The number of aryl methyl sites for hydroxylation is 1. The van der Waals surface area contributed by atoms with Gasteiger partial charge in [0, 0.05) is 48.0 Å². The normalized spacial score (nSPS) is 10.6. The minimum absolute atomic E-state index is 0.201. The molecule has 0 spiro atoms. The summed E-state index contributed by atoms with van der Waals surface area (Å²) in [4.78, 5) is 38.6. The van der Waals surface area contributed by atoms with Crippen molar-refractivity contribution in [3.8, 4) is 22.6 Å². The summed E-state index contributed by atoms with van der Waals surface area (Å²) in [5, 5.41) is 12.8. The number of carbonyl (C=O) groups excluding carboxylic acids is 1. The third-order valence-electron chi connectivity index (χ3n) is 5.33. The van der Waals surface area contributed by atoms with Crippen molar-refractivity contribution < 1.29 is 19.1 Å². The maximum absolute atomic E-state index is 14.3. The molecule has 3 aromatic heterocycles. The third kappa shape index (κ3) is 6.91. The molecule has 0 atom stereocenters. The van der Waals surface area contributed by atoms with Crippen molar-refractivity contribution in [3.05, 3.63) is 83.9 Å². The Morgan fingerprint density at radius 2 is 1.70 bits per heavy atom. The zero-order valence-electron chi connectivity index (χ0n) is 20.9. The molecule has 0 saturated heterocycles. The van der Waals surface area contributed by atoms with Gasteiger partial charge in [-0.2, -0.15) is 0 Å². The number of hydrogen-bond acceptors (Lipinski definition) is 7. The second-order valence-corrected chi connectivity index (χ2v) is 8.44. The first-order valence-electron chi connectivity index (χ1n) is 11.3. The number of hydrogen-bond donors (Lipinski definition) is 3. The average Bonchev–Trinajstić information content (AvgIpc) is 2.90. The predicted molar refractivity (Wildman–Crippen MR) is 140 cm³/mol. The van der Waals surface area contributed by atoms with Gasteiger partial charge in [0.25, 0.3) is 12.4 Å². The van der Waals surface area contributed by atoms with Crippen molar-refractivity contribution in [2.45, 2.75) is 26.4 Å². The molecule has 4 rings (SSSR count). The Hall–Kier alpha value is -4.73. The molecular formula is C27H27FN6O3. The van der Waals surface area contributed by atoms with E-state index < -0.39 is 5.67 Å². The Bertz CT molecular complexity index is 1410. The molecule has 3 heterocycles. The number of benzene rings is 1. The van der Waals surface area contributed by atoms with Crippen LogP contribution in [0.1, 0.15) is 35.5 Å². The molecule has 1 amide bonds. The van der Waals surface area contributed by atoms with E-state index in [1.807, 2.05) is 50.4 Å². The highest BCUT2D eigenvalue weighted by Gasteiger charge is 2.22. The Kier molecular flexibility index (Phi) is 8.57. The van der Waals surface area contributed by atoms with Crippen molar-refractivity contribution in [1.29, 1.82) is 0 Å². The van der Waals surface area contributed by atoms with Crippen molar-refractivity contribution in [1.82, 2.24) is 19.9 Å². The fourth-order valence-corrected chi connectivity index (χ4v) is 3.42. The maximum atomic E-state index is 14.3. The first kappa shape index (κ1) is 26.9. The number of carbonyl (C=O) groups is 2. The molecule has 4 aromatic rings. The van der Waals surface area contributed by atoms with Gasteiger partial charge in [-0.1, -0.05) is 6.07 Å². The predicted octanol–water partition coefficient (Wildman–Crippen LogP) is 5.11. The number of nitrogens with one attached hydrogen (secondary N) is 2. The van der Waals surface area contributed by atoms with E-state index in [4.69, 9.17) is 14.9 Å². The van der Waals surface area contributed by atoms with E-state index in [0.717, 1.165) is 28.2 Å². The Balaban J connectivity index is 0.00000121. The highest BCUT2D eigenvalue weighted by Crippen LogP contribution is 2.27. The van der Waals surface area contributed by atoms with Crippen LogP contribution in [0.15, 0.2) is 67.1 Å². The van der Waals surface area contributed by atoms with Crippen LogP contribution in [0.3, 0.4) is 0 Å². The van der Waals surface area contributed by atoms with E-state index in [1.165, 1.54) is 26.1 Å². The van der Waals surface area contributed by atoms with E-state index in [0.29, 0.717) is 17.1 Å². The average molecular weight is 503 g/mol. The second kappa shape index (κ2) is 11.8. The first-order chi connectivity index (χ1) is 17.7. The SMILES string of the molecule is CNc1cc(-c2ccnc(-c3cc(NC(=O)c4ccnc(C(C)(C)F)c4)ccc3C)n2)ccn1.O=CO. The molecule has 1 aromatic carbocycles. The lowest BCUT2D eigenvalue weighted by Crippen LogP contribution is -2.16. The third-order valence-corrected chi connectivity index (χ3v) is 5.33. The monoisotopic (exact) mass is 502 g/mol. The number of carboxylic acid groups (broad SMARTS) is 1. The van der Waals surface area contributed by atoms with E-state index in [9.17, 15) is 9.18 Å². The van der Waals surface area contributed by atoms with Crippen molar-refractivity contribution >= 4 is 23.9 Å². The van der Waals surface area contributed by atoms with Crippen LogP contribution in [-0.2, 0) is 10.5 Å². The number of anilines is 2. The second-order valence-electron chi connectivity index (χ2n) is 8.44. The molecule has 0 aliphatic rings. The van der Waals surface area contributed by atoms with E-state index in [-0.39, 0.29) is 18.1 Å². The van der Waals surface area contributed by atoms with Gasteiger partial charge in [0.2, 0.25) is 0 Å². The Morgan fingerprint density at radius 3 is 2.41 bits per heavy atom. The quantitative estimate of drug-likeness (QED) is 0.310. The van der Waals surface area contributed by atoms with Crippen LogP contribution in [0.25, 0.3) is 22.6 Å². The molecule has 9 nitrogen and oxygen atoms in total. The van der Waals surface area contributed by atoms with Crippen molar-refractivity contribution in [2.24, 2.45) is 0 Å². The lowest BCUT2D eigenvalue weighted by atomic mass is 10.0. The number of aromatic nitrogens is 4. The molecule has 37 heavy (non-hydrogen) atoms. The van der Waals surface area contributed by atoms with Crippen LogP contribution in [0.2, 0.25) is 0 Å². The Labute approximate surface area is 213 Å². The van der Waals surface area contributed by atoms with Gasteiger partial charge in [-0.3, -0.25) is 14.6 Å². The van der Waals surface area contributed by atoms with E-state index >= 15 is 0 Å². The molecule has 10 heteroatoms. The molecular weight excluding hydrogens is 475 g/mol. The van der Waals surface area contributed by atoms with E-state index in [2.05, 4.69) is 25.6 Å². The van der Waals surface area contributed by atoms with Gasteiger partial charge in [-0.25, -0.2) is 19.3 Å². The number of alkyl halides is 1. The minimum Gasteiger partial charge on any atom is -0.483 e. The summed E-state index contributed by atoms with van der Waals surface area (Å²) in [5.41, 5.74) is 2.90. The number of pyridine rings is 2. The van der Waals surface area contributed by atoms with Crippen LogP contribution < -0.4 is 10.6 Å². The van der Waals surface area contributed by atoms with Gasteiger partial charge in [-0.05, 0) is 68.8 Å². The summed E-state index contributed by atoms with van der Waals surface area (Å²) < 4.78 is 14.3. The standard InChI is InChI=1S/C26H25FN6O.CH2O2/c1-16-5-6-19(32-25(34)18-8-10-29-22(13-18)26(2,3)27)15-20(16)24-31-12-9-21(33-24)17-7-11-30-23(14-17)28-4;2-1-3/h5-15H,1-4H3,(H,28,30)(H,32,34);1H,(H,2,3). The topological polar surface area (TPSA) is 130 Å². The van der Waals surface area contributed by atoms with Crippen molar-refractivity contribution in [2.75, 3.05) is 17.7 Å². The van der Waals surface area contributed by atoms with Gasteiger partial charge in [0.05, 0.1) is 11.4 Å². The van der Waals surface area contributed by atoms with E-state index in [1.54, 1.807) is 18.5 Å². The lowest BCUT2D eigenvalue weighted by molar-refractivity contribution is -0.122. The molecule has 3 N–H and O–H groups in total. The van der Waals surface area contributed by atoms with Crippen LogP contribution >= 0.6 is 0 Å². The van der Waals surface area contributed by atoms with Crippen LogP contribution in [-0.4, -0.2) is 44.5 Å². The highest BCUT2D eigenvalue weighted by molar-refractivity contribution is 6.04. The first-order valence-corrected chi connectivity index (χ1v) is 11.3. The summed E-state index contributed by atoms with van der Waals surface area (Å²) in [6.07, 6.45) is 4.86. The van der Waals surface area contributed by atoms with Crippen molar-refractivity contribution in [3.63, 3.8) is 0 Å². The molecule has 0 unspecified atom stereocenters. The molecule has 0 bridgehead atoms. The Morgan fingerprint density at radius 1 is 1.00 bits per heavy atom. The number of halogens is 1. The summed E-state index contributed by atoms with van der Waals surface area (Å²) >= 11 is 0. The molecule has 0 aliphatic carbocycles. The fraction of sp³-hybridized carbons (Fsp3) is 0.185. The van der Waals surface area contributed by atoms with Crippen LogP contribution in [0.5, 0.6) is 0 Å². The largest absolute Gasteiger partial charge is 0.483 e. The molecule has 190 valence electrons. The van der Waals surface area contributed by atoms with Gasteiger partial charge >= 0.3 is 0 Å². The molecule has 0 radical (unpaired) electrons. The summed E-state index contributed by atoms with van der Waals surface area (Å²) in [6.45, 7) is 4.52. The zero-order valence-corrected chi connectivity index (χ0v) is 20.9. The number of amides is 1. The smallest absolute Gasteiger partial charge is 0.290 e. The summed E-state index contributed by atoms with van der Waals surface area (Å²) in [6, 6.07) is 14.2. The van der Waals surface area contributed by atoms with Crippen LogP contribution in [0, 0.1) is 6.92 Å². The number of rotatable bonds is 6. The summed E-state index contributed by atoms with van der Waals surface area (Å²) in [7, 11) is 1.81. The summed E-state index contributed by atoms with van der Waals surface area (Å²) in [5.74, 6) is 0.932. The molecule has 0 aliphatic heterocycles. The maximum Gasteiger partial charge on any atom is 0.290 e. The molecule has 0 saturated carbocycles. The lowest BCUT2D eigenvalue weighted by Gasteiger charge is -2.14. The zero-order chi connectivity index (χ0) is 27.0. The highest BCUT2D eigenvalue weighted by atomic mass is 19.1. The fourth-order valence-electron chi connectivity index (χ4n) is 3.42.